The minimum absolute atomic E-state index is 0.0609. The van der Waals surface area contributed by atoms with Gasteiger partial charge < -0.3 is 5.11 Å². The van der Waals surface area contributed by atoms with Crippen LogP contribution in [0.2, 0.25) is 0 Å². The number of benzene rings is 1. The summed E-state index contributed by atoms with van der Waals surface area (Å²) < 4.78 is 0. The lowest BCUT2D eigenvalue weighted by molar-refractivity contribution is -0.136. The number of carboxylic acids is 1. The quantitative estimate of drug-likeness (QED) is 0.727. The number of rotatable bonds is 2. The normalized spacial score (nSPS) is 9.50. The van der Waals surface area contributed by atoms with Crippen LogP contribution >= 0.6 is 12.6 Å². The Balaban J connectivity index is 3.23. The molecule has 0 radical (unpaired) electrons. The van der Waals surface area contributed by atoms with Crippen molar-refractivity contribution in [1.82, 2.24) is 0 Å². The van der Waals surface area contributed by atoms with Gasteiger partial charge in [0.2, 0.25) is 0 Å². The smallest absolute Gasteiger partial charge is 0.307 e. The molecule has 0 aliphatic carbocycles. The standard InChI is InChI=1S/C10H9NO2S/c1-6-7(4-10(12)13)2-3-9(14)8(6)5-11/h2-3,14H,4H2,1H3,(H,12,13). The molecule has 0 saturated heterocycles. The van der Waals surface area contributed by atoms with Crippen LogP contribution in [0, 0.1) is 18.3 Å². The van der Waals surface area contributed by atoms with Crippen LogP contribution in [-0.4, -0.2) is 11.1 Å². The van der Waals surface area contributed by atoms with E-state index in [-0.39, 0.29) is 6.42 Å². The van der Waals surface area contributed by atoms with E-state index in [1.807, 2.05) is 6.07 Å². The van der Waals surface area contributed by atoms with Crippen LogP contribution < -0.4 is 0 Å². The zero-order valence-corrected chi connectivity index (χ0v) is 8.51. The predicted octanol–water partition coefficient (Wildman–Crippen LogP) is 1.78. The topological polar surface area (TPSA) is 61.1 Å². The number of carboxylic acid groups (broad SMARTS) is 1. The first-order chi connectivity index (χ1) is 6.56. The Kier molecular flexibility index (Phi) is 3.15. The molecular formula is C10H9NO2S. The second-order valence-electron chi connectivity index (χ2n) is 2.93. The van der Waals surface area contributed by atoms with Crippen molar-refractivity contribution in [1.29, 1.82) is 5.26 Å². The van der Waals surface area contributed by atoms with Crippen LogP contribution in [0.3, 0.4) is 0 Å². The van der Waals surface area contributed by atoms with Crippen molar-refractivity contribution in [3.05, 3.63) is 28.8 Å². The van der Waals surface area contributed by atoms with Crippen molar-refractivity contribution >= 4 is 18.6 Å². The van der Waals surface area contributed by atoms with Gasteiger partial charge in [0.1, 0.15) is 6.07 Å². The average Bonchev–Trinajstić information content (AvgIpc) is 2.10. The lowest BCUT2D eigenvalue weighted by Crippen LogP contribution is -2.03. The summed E-state index contributed by atoms with van der Waals surface area (Å²) in [6, 6.07) is 5.34. The third-order valence-electron chi connectivity index (χ3n) is 2.01. The number of hydrogen-bond donors (Lipinski definition) is 2. The van der Waals surface area contributed by atoms with Gasteiger partial charge in [-0.2, -0.15) is 5.26 Å². The molecule has 3 nitrogen and oxygen atoms in total. The highest BCUT2D eigenvalue weighted by Crippen LogP contribution is 2.21. The molecule has 0 aliphatic heterocycles. The SMILES string of the molecule is Cc1c(CC(=O)O)ccc(S)c1C#N. The lowest BCUT2D eigenvalue weighted by Gasteiger charge is -2.06. The van der Waals surface area contributed by atoms with Gasteiger partial charge in [-0.15, -0.1) is 12.6 Å². The number of nitriles is 1. The summed E-state index contributed by atoms with van der Waals surface area (Å²) in [4.78, 5) is 11.1. The summed E-state index contributed by atoms with van der Waals surface area (Å²) in [5, 5.41) is 17.4. The van der Waals surface area contributed by atoms with E-state index < -0.39 is 5.97 Å². The van der Waals surface area contributed by atoms with Crippen LogP contribution in [0.5, 0.6) is 0 Å². The molecule has 0 fully saturated rings. The molecule has 0 unspecified atom stereocenters. The van der Waals surface area contributed by atoms with Gasteiger partial charge in [-0.3, -0.25) is 4.79 Å². The largest absolute Gasteiger partial charge is 0.481 e. The summed E-state index contributed by atoms with van der Waals surface area (Å²) >= 11 is 4.12. The molecule has 0 heterocycles. The van der Waals surface area contributed by atoms with Gasteiger partial charge in [0.15, 0.2) is 0 Å². The highest BCUT2D eigenvalue weighted by Gasteiger charge is 2.09. The van der Waals surface area contributed by atoms with Crippen LogP contribution in [0.1, 0.15) is 16.7 Å². The summed E-state index contributed by atoms with van der Waals surface area (Å²) in [6.45, 7) is 1.73. The van der Waals surface area contributed by atoms with Crippen molar-refractivity contribution in [2.75, 3.05) is 0 Å². The van der Waals surface area contributed by atoms with Crippen molar-refractivity contribution < 1.29 is 9.90 Å². The molecule has 0 spiro atoms. The molecule has 0 bridgehead atoms. The lowest BCUT2D eigenvalue weighted by atomic mass is 10.0. The maximum atomic E-state index is 10.5. The van der Waals surface area contributed by atoms with E-state index in [0.717, 1.165) is 0 Å². The maximum Gasteiger partial charge on any atom is 0.307 e. The van der Waals surface area contributed by atoms with E-state index >= 15 is 0 Å². The van der Waals surface area contributed by atoms with Crippen LogP contribution in [0.4, 0.5) is 0 Å². The summed E-state index contributed by atoms with van der Waals surface area (Å²) in [5.74, 6) is -0.899. The molecule has 1 aromatic carbocycles. The average molecular weight is 207 g/mol. The zero-order valence-electron chi connectivity index (χ0n) is 7.61. The Morgan fingerprint density at radius 1 is 1.64 bits per heavy atom. The van der Waals surface area contributed by atoms with E-state index in [1.165, 1.54) is 0 Å². The summed E-state index contributed by atoms with van der Waals surface area (Å²) in [5.41, 5.74) is 1.81. The second kappa shape index (κ2) is 4.16. The molecule has 1 rings (SSSR count). The molecule has 0 atom stereocenters. The minimum atomic E-state index is -0.899. The number of thiol groups is 1. The van der Waals surface area contributed by atoms with Crippen LogP contribution in [-0.2, 0) is 11.2 Å². The summed E-state index contributed by atoms with van der Waals surface area (Å²) in [6.07, 6.45) is -0.0609. The van der Waals surface area contributed by atoms with Gasteiger partial charge in [0.05, 0.1) is 12.0 Å². The van der Waals surface area contributed by atoms with E-state index in [9.17, 15) is 4.79 Å². The molecule has 1 aromatic rings. The maximum absolute atomic E-state index is 10.5. The predicted molar refractivity (Wildman–Crippen MR) is 54.5 cm³/mol. The Morgan fingerprint density at radius 2 is 2.29 bits per heavy atom. The molecule has 0 amide bonds. The van der Waals surface area contributed by atoms with Gasteiger partial charge in [0.25, 0.3) is 0 Å². The summed E-state index contributed by atoms with van der Waals surface area (Å²) in [7, 11) is 0. The van der Waals surface area contributed by atoms with E-state index in [1.54, 1.807) is 19.1 Å². The highest BCUT2D eigenvalue weighted by molar-refractivity contribution is 7.80. The van der Waals surface area contributed by atoms with Crippen molar-refractivity contribution in [3.63, 3.8) is 0 Å². The third-order valence-corrected chi connectivity index (χ3v) is 2.38. The molecule has 72 valence electrons. The first-order valence-corrected chi connectivity index (χ1v) is 4.44. The molecular weight excluding hydrogens is 198 g/mol. The molecule has 1 N–H and O–H groups in total. The van der Waals surface area contributed by atoms with Crippen LogP contribution in [0.15, 0.2) is 17.0 Å². The Morgan fingerprint density at radius 3 is 2.79 bits per heavy atom. The molecule has 0 aliphatic rings. The van der Waals surface area contributed by atoms with Crippen molar-refractivity contribution in [2.24, 2.45) is 0 Å². The van der Waals surface area contributed by atoms with Crippen molar-refractivity contribution in [2.45, 2.75) is 18.2 Å². The Bertz CT molecular complexity index is 421. The van der Waals surface area contributed by atoms with E-state index in [2.05, 4.69) is 12.6 Å². The monoisotopic (exact) mass is 207 g/mol. The Hall–Kier alpha value is -1.47. The fourth-order valence-corrected chi connectivity index (χ4v) is 1.53. The second-order valence-corrected chi connectivity index (χ2v) is 3.41. The molecule has 0 aromatic heterocycles. The van der Waals surface area contributed by atoms with Gasteiger partial charge in [-0.25, -0.2) is 0 Å². The Labute approximate surface area is 87.4 Å². The fourth-order valence-electron chi connectivity index (χ4n) is 1.24. The highest BCUT2D eigenvalue weighted by atomic mass is 32.1. The zero-order chi connectivity index (χ0) is 10.7. The molecule has 14 heavy (non-hydrogen) atoms. The van der Waals surface area contributed by atoms with Crippen LogP contribution in [0.25, 0.3) is 0 Å². The first-order valence-electron chi connectivity index (χ1n) is 3.99. The first kappa shape index (κ1) is 10.6. The van der Waals surface area contributed by atoms with Gasteiger partial charge in [-0.05, 0) is 24.1 Å². The van der Waals surface area contributed by atoms with Gasteiger partial charge >= 0.3 is 5.97 Å². The number of carbonyl (C=O) groups is 1. The number of hydrogen-bond acceptors (Lipinski definition) is 3. The number of nitrogens with zero attached hydrogens (tertiary/aromatic N) is 1. The van der Waals surface area contributed by atoms with Crippen molar-refractivity contribution in [3.8, 4) is 6.07 Å². The van der Waals surface area contributed by atoms with E-state index in [4.69, 9.17) is 10.4 Å². The number of aliphatic carboxylic acids is 1. The minimum Gasteiger partial charge on any atom is -0.481 e. The van der Waals surface area contributed by atoms with E-state index in [0.29, 0.717) is 21.6 Å². The molecule has 4 heteroatoms. The third kappa shape index (κ3) is 2.06. The molecule has 0 saturated carbocycles. The van der Waals surface area contributed by atoms with Gasteiger partial charge in [-0.1, -0.05) is 6.07 Å². The van der Waals surface area contributed by atoms with Gasteiger partial charge in [0, 0.05) is 4.90 Å². The fraction of sp³-hybridized carbons (Fsp3) is 0.200.